The van der Waals surface area contributed by atoms with Gasteiger partial charge >= 0.3 is 0 Å². The van der Waals surface area contributed by atoms with Gasteiger partial charge in [-0.15, -0.1) is 23.1 Å². The van der Waals surface area contributed by atoms with E-state index in [-0.39, 0.29) is 12.4 Å². The first-order valence-corrected chi connectivity index (χ1v) is 11.0. The molecule has 0 amide bonds. The van der Waals surface area contributed by atoms with Crippen LogP contribution in [0.2, 0.25) is 0 Å². The smallest absolute Gasteiger partial charge is 0.128 e. The molecule has 0 fully saturated rings. The number of hydrogen-bond donors (Lipinski definition) is 1. The quantitative estimate of drug-likeness (QED) is 0.311. The van der Waals surface area contributed by atoms with Crippen molar-refractivity contribution in [3.8, 4) is 11.1 Å². The number of aliphatic hydroxyl groups excluding tert-OH is 1. The summed E-state index contributed by atoms with van der Waals surface area (Å²) in [6.45, 7) is 0.726. The molecule has 0 aliphatic carbocycles. The third kappa shape index (κ3) is 5.00. The van der Waals surface area contributed by atoms with E-state index >= 15 is 0 Å². The van der Waals surface area contributed by atoms with Gasteiger partial charge in [-0.1, -0.05) is 42.5 Å². The van der Waals surface area contributed by atoms with Crippen LogP contribution in [0.1, 0.15) is 5.56 Å². The molecule has 0 aliphatic rings. The van der Waals surface area contributed by atoms with Crippen molar-refractivity contribution in [3.63, 3.8) is 0 Å². The molecular weight excluding hydrogens is 407 g/mol. The van der Waals surface area contributed by atoms with Crippen molar-refractivity contribution < 1.29 is 14.2 Å². The van der Waals surface area contributed by atoms with Crippen LogP contribution in [0.25, 0.3) is 21.3 Å². The summed E-state index contributed by atoms with van der Waals surface area (Å²) in [7, 11) is 0. The van der Waals surface area contributed by atoms with Crippen molar-refractivity contribution >= 4 is 33.3 Å². The minimum atomic E-state index is -0.610. The van der Waals surface area contributed by atoms with E-state index in [1.807, 2.05) is 35.7 Å². The summed E-state index contributed by atoms with van der Waals surface area (Å²) in [5.74, 6) is 0.192. The Labute approximate surface area is 176 Å². The summed E-state index contributed by atoms with van der Waals surface area (Å²) in [5, 5.41) is 14.0. The lowest BCUT2D eigenvalue weighted by Crippen LogP contribution is -2.18. The second-order valence-electron chi connectivity index (χ2n) is 6.48. The molecule has 2 aromatic heterocycles. The lowest BCUT2D eigenvalue weighted by Gasteiger charge is -2.11. The highest BCUT2D eigenvalue weighted by molar-refractivity contribution is 7.99. The molecule has 2 heterocycles. The minimum Gasteiger partial charge on any atom is -0.390 e. The number of thioether (sulfide) groups is 1. The number of rotatable bonds is 8. The molecule has 1 atom stereocenters. The Balaban J connectivity index is 1.42. The molecule has 0 radical (unpaired) electrons. The Hall–Kier alpha value is -2.32. The Morgan fingerprint density at radius 2 is 1.86 bits per heavy atom. The number of benzene rings is 2. The van der Waals surface area contributed by atoms with Gasteiger partial charge < -0.3 is 9.84 Å². The maximum absolute atomic E-state index is 13.3. The van der Waals surface area contributed by atoms with E-state index in [0.29, 0.717) is 12.4 Å². The lowest BCUT2D eigenvalue weighted by atomic mass is 10.1. The van der Waals surface area contributed by atoms with E-state index < -0.39 is 6.10 Å². The first-order valence-electron chi connectivity index (χ1n) is 9.11. The fraction of sp³-hybridized carbons (Fsp3) is 0.182. The van der Waals surface area contributed by atoms with Crippen LogP contribution in [0.15, 0.2) is 71.3 Å². The average molecular weight is 427 g/mol. The lowest BCUT2D eigenvalue weighted by molar-refractivity contribution is 0.0398. The highest BCUT2D eigenvalue weighted by atomic mass is 32.2. The number of thiophene rings is 1. The molecule has 1 unspecified atom stereocenters. The number of hydrogen-bond acceptors (Lipinski definition) is 6. The molecule has 7 heteroatoms. The zero-order valence-electron chi connectivity index (χ0n) is 15.5. The molecule has 0 aliphatic heterocycles. The predicted octanol–water partition coefficient (Wildman–Crippen LogP) is 5.17. The Morgan fingerprint density at radius 3 is 2.66 bits per heavy atom. The van der Waals surface area contributed by atoms with Crippen LogP contribution in [-0.4, -0.2) is 33.5 Å². The van der Waals surface area contributed by atoms with Gasteiger partial charge in [-0.2, -0.15) is 0 Å². The number of fused-ring (bicyclic) bond motifs is 1. The van der Waals surface area contributed by atoms with Gasteiger partial charge in [0.1, 0.15) is 22.0 Å². The van der Waals surface area contributed by atoms with E-state index in [9.17, 15) is 9.50 Å². The van der Waals surface area contributed by atoms with Gasteiger partial charge in [-0.05, 0) is 23.3 Å². The molecule has 1 N–H and O–H groups in total. The van der Waals surface area contributed by atoms with Gasteiger partial charge in [0.2, 0.25) is 0 Å². The normalized spacial score (nSPS) is 12.3. The van der Waals surface area contributed by atoms with Crippen LogP contribution in [-0.2, 0) is 11.3 Å². The molecule has 0 saturated heterocycles. The SMILES string of the molecule is OC(COCc1ccccc1)CSc1ncnc2scc(-c3ccc(F)cc3)c12. The standard InChI is InChI=1S/C22H19FN2O2S2/c23-17-8-6-16(7-9-17)19-13-29-22-20(19)21(24-14-25-22)28-12-18(26)11-27-10-15-4-2-1-3-5-15/h1-9,13-14,18,26H,10-12H2. The van der Waals surface area contributed by atoms with E-state index in [1.54, 1.807) is 12.1 Å². The van der Waals surface area contributed by atoms with Crippen molar-refractivity contribution in [3.05, 3.63) is 77.7 Å². The summed E-state index contributed by atoms with van der Waals surface area (Å²) < 4.78 is 18.9. The fourth-order valence-corrected chi connectivity index (χ4v) is 4.81. The van der Waals surface area contributed by atoms with E-state index in [0.717, 1.165) is 31.9 Å². The molecule has 148 valence electrons. The number of aliphatic hydroxyl groups is 1. The van der Waals surface area contributed by atoms with E-state index in [1.165, 1.54) is 41.6 Å². The van der Waals surface area contributed by atoms with Crippen molar-refractivity contribution in [1.82, 2.24) is 9.97 Å². The summed E-state index contributed by atoms with van der Waals surface area (Å²) in [4.78, 5) is 9.64. The Kier molecular flexibility index (Phi) is 6.51. The van der Waals surface area contributed by atoms with Crippen LogP contribution < -0.4 is 0 Å². The zero-order chi connectivity index (χ0) is 20.1. The molecule has 0 bridgehead atoms. The first kappa shape index (κ1) is 20.0. The molecule has 0 spiro atoms. The average Bonchev–Trinajstić information content (AvgIpc) is 3.18. The van der Waals surface area contributed by atoms with Gasteiger partial charge in [0.15, 0.2) is 0 Å². The molecule has 29 heavy (non-hydrogen) atoms. The van der Waals surface area contributed by atoms with Gasteiger partial charge in [0.25, 0.3) is 0 Å². The van der Waals surface area contributed by atoms with Crippen LogP contribution in [0.4, 0.5) is 4.39 Å². The summed E-state index contributed by atoms with van der Waals surface area (Å²) in [6.07, 6.45) is 0.926. The van der Waals surface area contributed by atoms with Crippen LogP contribution in [0.5, 0.6) is 0 Å². The summed E-state index contributed by atoms with van der Waals surface area (Å²) in [6, 6.07) is 16.3. The number of nitrogens with zero attached hydrogens (tertiary/aromatic N) is 2. The van der Waals surface area contributed by atoms with E-state index in [2.05, 4.69) is 9.97 Å². The zero-order valence-corrected chi connectivity index (χ0v) is 17.1. The highest BCUT2D eigenvalue weighted by Crippen LogP contribution is 2.38. The fourth-order valence-electron chi connectivity index (χ4n) is 2.91. The predicted molar refractivity (Wildman–Crippen MR) is 116 cm³/mol. The second kappa shape index (κ2) is 9.45. The van der Waals surface area contributed by atoms with Crippen molar-refractivity contribution in [1.29, 1.82) is 0 Å². The number of aromatic nitrogens is 2. The molecule has 4 nitrogen and oxygen atoms in total. The van der Waals surface area contributed by atoms with Crippen molar-refractivity contribution in [2.75, 3.05) is 12.4 Å². The van der Waals surface area contributed by atoms with Crippen molar-refractivity contribution in [2.45, 2.75) is 17.7 Å². The third-order valence-corrected chi connectivity index (χ3v) is 6.35. The van der Waals surface area contributed by atoms with Gasteiger partial charge in [-0.25, -0.2) is 14.4 Å². The van der Waals surface area contributed by atoms with Gasteiger partial charge in [0, 0.05) is 16.7 Å². The number of ether oxygens (including phenoxy) is 1. The summed E-state index contributed by atoms with van der Waals surface area (Å²) >= 11 is 3.00. The topological polar surface area (TPSA) is 55.2 Å². The second-order valence-corrected chi connectivity index (χ2v) is 8.35. The maximum Gasteiger partial charge on any atom is 0.128 e. The molecule has 0 saturated carbocycles. The molecule has 4 rings (SSSR count). The van der Waals surface area contributed by atoms with Gasteiger partial charge in [0.05, 0.1) is 24.7 Å². The van der Waals surface area contributed by atoms with Gasteiger partial charge in [-0.3, -0.25) is 0 Å². The van der Waals surface area contributed by atoms with E-state index in [4.69, 9.17) is 4.74 Å². The Bertz CT molecular complexity index is 1070. The maximum atomic E-state index is 13.3. The summed E-state index contributed by atoms with van der Waals surface area (Å²) in [5.41, 5.74) is 2.97. The first-order chi connectivity index (χ1) is 14.2. The van der Waals surface area contributed by atoms with Crippen LogP contribution >= 0.6 is 23.1 Å². The molecule has 4 aromatic rings. The largest absolute Gasteiger partial charge is 0.390 e. The monoisotopic (exact) mass is 426 g/mol. The van der Waals surface area contributed by atoms with Crippen molar-refractivity contribution in [2.24, 2.45) is 0 Å². The minimum absolute atomic E-state index is 0.255. The number of halogens is 1. The van der Waals surface area contributed by atoms with Crippen LogP contribution in [0.3, 0.4) is 0 Å². The van der Waals surface area contributed by atoms with Crippen LogP contribution in [0, 0.1) is 5.82 Å². The molecular formula is C22H19FN2O2S2. The molecule has 2 aromatic carbocycles. The third-order valence-electron chi connectivity index (χ3n) is 4.32. The highest BCUT2D eigenvalue weighted by Gasteiger charge is 2.15. The Morgan fingerprint density at radius 1 is 1.07 bits per heavy atom.